The molecule has 26 heavy (non-hydrogen) atoms. The van der Waals surface area contributed by atoms with E-state index in [1.54, 1.807) is 11.8 Å². The van der Waals surface area contributed by atoms with Crippen molar-refractivity contribution in [3.8, 4) is 0 Å². The minimum Gasteiger partial charge on any atom is -0.395 e. The fraction of sp³-hybridized carbons (Fsp3) is 0.400. The third-order valence-electron chi connectivity index (χ3n) is 4.73. The second-order valence-electron chi connectivity index (χ2n) is 6.47. The smallest absolute Gasteiger partial charge is 0.0558 e. The Morgan fingerprint density at radius 1 is 1.00 bits per heavy atom. The van der Waals surface area contributed by atoms with Gasteiger partial charge in [0, 0.05) is 54.5 Å². The average molecular weight is 393 g/mol. The number of benzene rings is 2. The summed E-state index contributed by atoms with van der Waals surface area (Å²) in [5.74, 6) is 0. The lowest BCUT2D eigenvalue weighted by Gasteiger charge is -2.29. The molecule has 1 aliphatic rings. The monoisotopic (exact) mass is 392 g/mol. The molecule has 0 saturated carbocycles. The summed E-state index contributed by atoms with van der Waals surface area (Å²) in [6.45, 7) is 2.97. The summed E-state index contributed by atoms with van der Waals surface area (Å²) < 4.78 is 0. The number of fused-ring (bicyclic) bond motifs is 2. The normalized spacial score (nSPS) is 12.8. The van der Waals surface area contributed by atoms with Gasteiger partial charge in [0.05, 0.1) is 18.9 Å². The minimum atomic E-state index is 0.104. The summed E-state index contributed by atoms with van der Waals surface area (Å²) in [7, 11) is 2.08. The summed E-state index contributed by atoms with van der Waals surface area (Å²) in [6, 6.07) is 12.6. The summed E-state index contributed by atoms with van der Waals surface area (Å²) >= 11 is 8.29. The second kappa shape index (κ2) is 9.11. The second-order valence-corrected chi connectivity index (χ2v) is 7.93. The molecule has 0 fully saturated rings. The van der Waals surface area contributed by atoms with Gasteiger partial charge in [-0.2, -0.15) is 0 Å². The molecule has 0 unspecified atom stereocenters. The molecule has 2 N–H and O–H groups in total. The number of nitrogens with zero attached hydrogens (tertiary/aromatic N) is 2. The van der Waals surface area contributed by atoms with Crippen LogP contribution in [-0.2, 0) is 6.42 Å². The van der Waals surface area contributed by atoms with Gasteiger partial charge in [0.2, 0.25) is 0 Å². The highest BCUT2D eigenvalue weighted by Gasteiger charge is 2.22. The Balaban J connectivity index is 1.79. The lowest BCUT2D eigenvalue weighted by Crippen LogP contribution is -2.37. The molecule has 2 aromatic rings. The Morgan fingerprint density at radius 3 is 2.46 bits per heavy atom. The van der Waals surface area contributed by atoms with E-state index in [1.807, 2.05) is 6.07 Å². The molecule has 2 aromatic carbocycles. The van der Waals surface area contributed by atoms with Crippen LogP contribution < -0.4 is 4.90 Å². The van der Waals surface area contributed by atoms with Gasteiger partial charge in [-0.15, -0.1) is 0 Å². The maximum absolute atomic E-state index is 9.17. The highest BCUT2D eigenvalue weighted by molar-refractivity contribution is 7.99. The molecule has 0 aliphatic carbocycles. The molecule has 4 nitrogen and oxygen atoms in total. The maximum Gasteiger partial charge on any atom is 0.0558 e. The Bertz CT molecular complexity index is 751. The first kappa shape index (κ1) is 19.5. The standard InChI is InChI=1S/C20H25ClN2O2S/c1-22(8-9-23(10-12-24)11-13-25)18-7-6-17(21)16-14-15-4-2-3-5-19(15)26-20(16)18/h2-7,24-25H,8-14H2,1H3. The summed E-state index contributed by atoms with van der Waals surface area (Å²) in [4.78, 5) is 6.83. The number of hydrogen-bond donors (Lipinski definition) is 2. The lowest BCUT2D eigenvalue weighted by molar-refractivity contribution is 0.164. The molecule has 0 aromatic heterocycles. The van der Waals surface area contributed by atoms with Crippen molar-refractivity contribution in [3.63, 3.8) is 0 Å². The van der Waals surface area contributed by atoms with Crippen molar-refractivity contribution in [1.82, 2.24) is 4.90 Å². The quantitative estimate of drug-likeness (QED) is 0.616. The fourth-order valence-electron chi connectivity index (χ4n) is 3.25. The number of aliphatic hydroxyl groups is 2. The van der Waals surface area contributed by atoms with Gasteiger partial charge >= 0.3 is 0 Å². The third kappa shape index (κ3) is 4.35. The Morgan fingerprint density at radius 2 is 1.73 bits per heavy atom. The van der Waals surface area contributed by atoms with Gasteiger partial charge in [-0.25, -0.2) is 0 Å². The predicted octanol–water partition coefficient (Wildman–Crippen LogP) is 3.12. The minimum absolute atomic E-state index is 0.104. The molecule has 140 valence electrons. The number of hydrogen-bond acceptors (Lipinski definition) is 5. The summed E-state index contributed by atoms with van der Waals surface area (Å²) in [6.07, 6.45) is 0.861. The third-order valence-corrected chi connectivity index (χ3v) is 6.36. The van der Waals surface area contributed by atoms with E-state index >= 15 is 0 Å². The molecule has 0 spiro atoms. The molecule has 0 saturated heterocycles. The van der Waals surface area contributed by atoms with Crippen LogP contribution in [0.4, 0.5) is 5.69 Å². The van der Waals surface area contributed by atoms with E-state index in [2.05, 4.69) is 47.2 Å². The SMILES string of the molecule is CN(CCN(CCO)CCO)c1ccc(Cl)c2c1Sc1ccccc1C2. The van der Waals surface area contributed by atoms with Gasteiger partial charge in [0.25, 0.3) is 0 Å². The van der Waals surface area contributed by atoms with Crippen molar-refractivity contribution in [2.75, 3.05) is 51.3 Å². The Hall–Kier alpha value is -1.24. The van der Waals surface area contributed by atoms with Crippen molar-refractivity contribution in [3.05, 3.63) is 52.5 Å². The van der Waals surface area contributed by atoms with E-state index in [1.165, 1.54) is 26.6 Å². The number of rotatable bonds is 8. The zero-order valence-electron chi connectivity index (χ0n) is 15.0. The average Bonchev–Trinajstić information content (AvgIpc) is 2.65. The molecule has 3 rings (SSSR count). The van der Waals surface area contributed by atoms with Gasteiger partial charge in [-0.05, 0) is 29.3 Å². The van der Waals surface area contributed by atoms with Crippen molar-refractivity contribution in [1.29, 1.82) is 0 Å². The predicted molar refractivity (Wildman–Crippen MR) is 109 cm³/mol. The van der Waals surface area contributed by atoms with Gasteiger partial charge < -0.3 is 15.1 Å². The van der Waals surface area contributed by atoms with E-state index in [4.69, 9.17) is 11.6 Å². The van der Waals surface area contributed by atoms with Gasteiger partial charge in [-0.1, -0.05) is 41.6 Å². The summed E-state index contributed by atoms with van der Waals surface area (Å²) in [5, 5.41) is 19.2. The van der Waals surface area contributed by atoms with E-state index in [9.17, 15) is 10.2 Å². The highest BCUT2D eigenvalue weighted by atomic mass is 35.5. The highest BCUT2D eigenvalue weighted by Crippen LogP contribution is 2.46. The zero-order chi connectivity index (χ0) is 18.5. The van der Waals surface area contributed by atoms with Crippen molar-refractivity contribution in [2.24, 2.45) is 0 Å². The number of halogens is 1. The Labute approximate surface area is 164 Å². The lowest BCUT2D eigenvalue weighted by atomic mass is 10.0. The van der Waals surface area contributed by atoms with E-state index in [-0.39, 0.29) is 13.2 Å². The molecule has 1 aliphatic heterocycles. The zero-order valence-corrected chi connectivity index (χ0v) is 16.6. The first-order valence-electron chi connectivity index (χ1n) is 8.86. The Kier molecular flexibility index (Phi) is 6.84. The first-order chi connectivity index (χ1) is 12.6. The molecule has 0 bridgehead atoms. The number of anilines is 1. The summed E-state index contributed by atoms with van der Waals surface area (Å²) in [5.41, 5.74) is 3.70. The van der Waals surface area contributed by atoms with Crippen LogP contribution in [0.3, 0.4) is 0 Å². The van der Waals surface area contributed by atoms with Crippen LogP contribution in [0.25, 0.3) is 0 Å². The van der Waals surface area contributed by atoms with Crippen LogP contribution in [0, 0.1) is 0 Å². The maximum atomic E-state index is 9.17. The van der Waals surface area contributed by atoms with Gasteiger partial charge in [0.15, 0.2) is 0 Å². The van der Waals surface area contributed by atoms with Gasteiger partial charge in [0.1, 0.15) is 0 Å². The largest absolute Gasteiger partial charge is 0.395 e. The van der Waals surface area contributed by atoms with Crippen molar-refractivity contribution >= 4 is 29.1 Å². The topological polar surface area (TPSA) is 46.9 Å². The van der Waals surface area contributed by atoms with Crippen molar-refractivity contribution in [2.45, 2.75) is 16.2 Å². The van der Waals surface area contributed by atoms with Crippen molar-refractivity contribution < 1.29 is 10.2 Å². The fourth-order valence-corrected chi connectivity index (χ4v) is 4.80. The van der Waals surface area contributed by atoms with Crippen LogP contribution in [-0.4, -0.2) is 61.6 Å². The van der Waals surface area contributed by atoms with Crippen LogP contribution >= 0.6 is 23.4 Å². The van der Waals surface area contributed by atoms with Crippen LogP contribution in [0.5, 0.6) is 0 Å². The molecule has 6 heteroatoms. The molecule has 0 radical (unpaired) electrons. The van der Waals surface area contributed by atoms with Gasteiger partial charge in [-0.3, -0.25) is 4.90 Å². The van der Waals surface area contributed by atoms with Crippen LogP contribution in [0.2, 0.25) is 5.02 Å². The number of likely N-dealkylation sites (N-methyl/N-ethyl adjacent to an activating group) is 1. The molecular weight excluding hydrogens is 368 g/mol. The van der Waals surface area contributed by atoms with E-state index in [0.29, 0.717) is 13.1 Å². The number of aliphatic hydroxyl groups excluding tert-OH is 2. The van der Waals surface area contributed by atoms with E-state index in [0.717, 1.165) is 24.5 Å². The molecular formula is C20H25ClN2O2S. The van der Waals surface area contributed by atoms with Crippen LogP contribution in [0.1, 0.15) is 11.1 Å². The van der Waals surface area contributed by atoms with Crippen LogP contribution in [0.15, 0.2) is 46.2 Å². The molecule has 0 atom stereocenters. The first-order valence-corrected chi connectivity index (χ1v) is 10.1. The molecule has 0 amide bonds. The molecule has 1 heterocycles. The van der Waals surface area contributed by atoms with E-state index < -0.39 is 0 Å².